The molecule has 11 heteroatoms. The number of rotatable bonds is 5. The van der Waals surface area contributed by atoms with Crippen LogP contribution in [0.5, 0.6) is 5.75 Å². The lowest BCUT2D eigenvalue weighted by Gasteiger charge is -2.31. The predicted octanol–water partition coefficient (Wildman–Crippen LogP) is 1.94. The Bertz CT molecular complexity index is 1240. The molecule has 0 unspecified atom stereocenters. The highest BCUT2D eigenvalue weighted by atomic mass is 32.2. The summed E-state index contributed by atoms with van der Waals surface area (Å²) in [6, 6.07) is 5.01. The van der Waals surface area contributed by atoms with Crippen LogP contribution in [0.15, 0.2) is 52.5 Å². The number of halogens is 1. The zero-order chi connectivity index (χ0) is 22.0. The van der Waals surface area contributed by atoms with Crippen molar-refractivity contribution in [3.63, 3.8) is 0 Å². The molecular formula is C20H20FN5O4S. The summed E-state index contributed by atoms with van der Waals surface area (Å²) < 4.78 is 46.0. The topological polar surface area (TPSA) is 118 Å². The quantitative estimate of drug-likeness (QED) is 0.638. The monoisotopic (exact) mass is 445 g/mol. The van der Waals surface area contributed by atoms with E-state index in [1.165, 1.54) is 48.2 Å². The number of nitrogens with one attached hydrogen (secondary N) is 1. The lowest BCUT2D eigenvalue weighted by atomic mass is 9.94. The summed E-state index contributed by atoms with van der Waals surface area (Å²) in [5.74, 6) is -0.518. The van der Waals surface area contributed by atoms with E-state index < -0.39 is 15.8 Å². The van der Waals surface area contributed by atoms with Crippen LogP contribution in [0, 0.1) is 5.82 Å². The molecule has 0 aliphatic carbocycles. The van der Waals surface area contributed by atoms with Gasteiger partial charge in [0.25, 0.3) is 5.56 Å². The Morgan fingerprint density at radius 1 is 1.19 bits per heavy atom. The van der Waals surface area contributed by atoms with Crippen LogP contribution in [0.4, 0.5) is 4.39 Å². The largest absolute Gasteiger partial charge is 0.494 e. The Morgan fingerprint density at radius 2 is 1.97 bits per heavy atom. The maximum atomic E-state index is 14.0. The minimum absolute atomic E-state index is 0.0167. The summed E-state index contributed by atoms with van der Waals surface area (Å²) in [5.41, 5.74) is 0.717. The lowest BCUT2D eigenvalue weighted by Crippen LogP contribution is -2.38. The van der Waals surface area contributed by atoms with Crippen LogP contribution in [0.2, 0.25) is 0 Å². The Kier molecular flexibility index (Phi) is 5.79. The van der Waals surface area contributed by atoms with E-state index in [-0.39, 0.29) is 35.2 Å². The average molecular weight is 445 g/mol. The summed E-state index contributed by atoms with van der Waals surface area (Å²) in [6.45, 7) is 0.463. The third-order valence-electron chi connectivity index (χ3n) is 5.20. The van der Waals surface area contributed by atoms with Gasteiger partial charge >= 0.3 is 0 Å². The van der Waals surface area contributed by atoms with Crippen molar-refractivity contribution < 1.29 is 17.5 Å². The number of aromatic amines is 1. The molecule has 1 fully saturated rings. The lowest BCUT2D eigenvalue weighted by molar-refractivity contribution is 0.316. The van der Waals surface area contributed by atoms with Crippen molar-refractivity contribution in [1.82, 2.24) is 24.2 Å². The predicted molar refractivity (Wildman–Crippen MR) is 110 cm³/mol. The highest BCUT2D eigenvalue weighted by Gasteiger charge is 2.31. The van der Waals surface area contributed by atoms with E-state index in [9.17, 15) is 17.6 Å². The fraction of sp³-hybridized carbons (Fsp3) is 0.300. The second-order valence-corrected chi connectivity index (χ2v) is 9.02. The van der Waals surface area contributed by atoms with Crippen molar-refractivity contribution in [1.29, 1.82) is 0 Å². The molecule has 1 saturated heterocycles. The van der Waals surface area contributed by atoms with Gasteiger partial charge in [0.05, 0.1) is 23.9 Å². The molecule has 3 aromatic rings. The first-order valence-corrected chi connectivity index (χ1v) is 11.0. The van der Waals surface area contributed by atoms with Gasteiger partial charge in [0.1, 0.15) is 5.69 Å². The molecular weight excluding hydrogens is 425 g/mol. The van der Waals surface area contributed by atoms with E-state index in [0.29, 0.717) is 30.1 Å². The third kappa shape index (κ3) is 4.32. The molecule has 0 spiro atoms. The SMILES string of the molecule is COc1ccc(S(=O)(=O)N2CCC(c3cc(=O)[nH]c(-c4cnccn4)n3)CC2)cc1F. The van der Waals surface area contributed by atoms with Crippen LogP contribution in [0.1, 0.15) is 24.5 Å². The number of piperidine rings is 1. The van der Waals surface area contributed by atoms with Gasteiger partial charge in [-0.1, -0.05) is 0 Å². The van der Waals surface area contributed by atoms with Crippen LogP contribution >= 0.6 is 0 Å². The molecule has 1 N–H and O–H groups in total. The highest BCUT2D eigenvalue weighted by Crippen LogP contribution is 2.31. The van der Waals surface area contributed by atoms with Gasteiger partial charge in [0.2, 0.25) is 10.0 Å². The van der Waals surface area contributed by atoms with Gasteiger partial charge in [-0.3, -0.25) is 9.78 Å². The molecule has 0 bridgehead atoms. The molecule has 162 valence electrons. The summed E-state index contributed by atoms with van der Waals surface area (Å²) in [7, 11) is -2.53. The van der Waals surface area contributed by atoms with Gasteiger partial charge in [-0.25, -0.2) is 22.8 Å². The van der Waals surface area contributed by atoms with Crippen LogP contribution in [0.3, 0.4) is 0 Å². The van der Waals surface area contributed by atoms with E-state index in [4.69, 9.17) is 4.74 Å². The number of sulfonamides is 1. The summed E-state index contributed by atoms with van der Waals surface area (Å²) in [6.07, 6.45) is 5.50. The molecule has 1 aliphatic rings. The van der Waals surface area contributed by atoms with Crippen molar-refractivity contribution in [3.8, 4) is 17.3 Å². The zero-order valence-electron chi connectivity index (χ0n) is 16.7. The summed E-state index contributed by atoms with van der Waals surface area (Å²) in [5, 5.41) is 0. The van der Waals surface area contributed by atoms with Crippen molar-refractivity contribution >= 4 is 10.0 Å². The van der Waals surface area contributed by atoms with Gasteiger partial charge in [0.15, 0.2) is 17.4 Å². The molecule has 0 atom stereocenters. The zero-order valence-corrected chi connectivity index (χ0v) is 17.5. The first-order chi connectivity index (χ1) is 14.9. The standard InChI is InChI=1S/C20H20FN5O4S/c1-30-18-3-2-14(10-15(18)21)31(28,29)26-8-4-13(5-9-26)16-11-19(27)25-20(24-16)17-12-22-6-7-23-17/h2-3,6-7,10-13H,4-5,8-9H2,1H3,(H,24,25,27). The van der Waals surface area contributed by atoms with Crippen LogP contribution in [-0.2, 0) is 10.0 Å². The molecule has 0 radical (unpaired) electrons. The van der Waals surface area contributed by atoms with Crippen LogP contribution in [0.25, 0.3) is 11.5 Å². The van der Waals surface area contributed by atoms with E-state index in [2.05, 4.69) is 19.9 Å². The smallest absolute Gasteiger partial charge is 0.251 e. The third-order valence-corrected chi connectivity index (χ3v) is 7.10. The first kappa shape index (κ1) is 21.1. The van der Waals surface area contributed by atoms with E-state index in [1.807, 2.05) is 0 Å². The van der Waals surface area contributed by atoms with E-state index in [0.717, 1.165) is 6.07 Å². The molecule has 4 rings (SSSR count). The molecule has 1 aromatic carbocycles. The minimum Gasteiger partial charge on any atom is -0.494 e. The fourth-order valence-electron chi connectivity index (χ4n) is 3.58. The molecule has 3 heterocycles. The van der Waals surface area contributed by atoms with Gasteiger partial charge in [0, 0.05) is 37.5 Å². The number of methoxy groups -OCH3 is 1. The number of nitrogens with zero attached hydrogens (tertiary/aromatic N) is 4. The second-order valence-electron chi connectivity index (χ2n) is 7.08. The number of ether oxygens (including phenoxy) is 1. The van der Waals surface area contributed by atoms with Crippen molar-refractivity contribution in [2.45, 2.75) is 23.7 Å². The number of hydrogen-bond donors (Lipinski definition) is 1. The maximum absolute atomic E-state index is 14.0. The van der Waals surface area contributed by atoms with Gasteiger partial charge in [-0.05, 0) is 31.0 Å². The summed E-state index contributed by atoms with van der Waals surface area (Å²) in [4.78, 5) is 27.3. The molecule has 0 saturated carbocycles. The maximum Gasteiger partial charge on any atom is 0.251 e. The van der Waals surface area contributed by atoms with Crippen LogP contribution in [-0.4, -0.2) is 52.9 Å². The van der Waals surface area contributed by atoms with Crippen molar-refractivity contribution in [3.05, 3.63) is 64.7 Å². The van der Waals surface area contributed by atoms with Gasteiger partial charge in [-0.2, -0.15) is 4.31 Å². The molecule has 9 nitrogen and oxygen atoms in total. The summed E-state index contributed by atoms with van der Waals surface area (Å²) >= 11 is 0. The number of aromatic nitrogens is 4. The average Bonchev–Trinajstić information content (AvgIpc) is 2.79. The molecule has 1 aliphatic heterocycles. The number of benzene rings is 1. The van der Waals surface area contributed by atoms with Gasteiger partial charge in [-0.15, -0.1) is 0 Å². The Labute approximate surface area is 178 Å². The minimum atomic E-state index is -3.84. The van der Waals surface area contributed by atoms with Crippen LogP contribution < -0.4 is 10.3 Å². The Hall–Kier alpha value is -3.18. The number of hydrogen-bond acceptors (Lipinski definition) is 7. The van der Waals surface area contributed by atoms with Gasteiger partial charge < -0.3 is 9.72 Å². The van der Waals surface area contributed by atoms with E-state index in [1.54, 1.807) is 0 Å². The highest BCUT2D eigenvalue weighted by molar-refractivity contribution is 7.89. The second kappa shape index (κ2) is 8.52. The Morgan fingerprint density at radius 3 is 2.61 bits per heavy atom. The Balaban J connectivity index is 1.52. The van der Waals surface area contributed by atoms with Crippen molar-refractivity contribution in [2.75, 3.05) is 20.2 Å². The molecule has 2 aromatic heterocycles. The first-order valence-electron chi connectivity index (χ1n) is 9.60. The normalized spacial score (nSPS) is 15.7. The van der Waals surface area contributed by atoms with E-state index >= 15 is 0 Å². The van der Waals surface area contributed by atoms with Crippen molar-refractivity contribution in [2.24, 2.45) is 0 Å². The fourth-order valence-corrected chi connectivity index (χ4v) is 5.06. The molecule has 0 amide bonds. The number of H-pyrrole nitrogens is 1. The molecule has 31 heavy (non-hydrogen) atoms.